The maximum Gasteiger partial charge on any atom is 0.257 e. The maximum absolute atomic E-state index is 12.0. The van der Waals surface area contributed by atoms with Crippen LogP contribution in [0.25, 0.3) is 0 Å². The van der Waals surface area contributed by atoms with Crippen molar-refractivity contribution < 1.29 is 4.79 Å². The van der Waals surface area contributed by atoms with Crippen molar-refractivity contribution in [3.63, 3.8) is 0 Å². The minimum Gasteiger partial charge on any atom is -0.398 e. The molecular weight excluding hydrogens is 318 g/mol. The first-order valence-corrected chi connectivity index (χ1v) is 6.21. The van der Waals surface area contributed by atoms with Gasteiger partial charge >= 0.3 is 0 Å². The molecule has 0 unspecified atom stereocenters. The Kier molecular flexibility index (Phi) is 3.84. The quantitative estimate of drug-likeness (QED) is 0.832. The number of anilines is 2. The molecule has 0 aliphatic rings. The number of hydrogen-bond donors (Lipinski definition) is 2. The lowest BCUT2D eigenvalue weighted by atomic mass is 10.1. The zero-order valence-corrected chi connectivity index (χ0v) is 11.5. The molecule has 0 atom stereocenters. The molecule has 1 amide bonds. The molecule has 1 aromatic carbocycles. The number of nitrogens with zero attached hydrogens (tertiary/aromatic N) is 1. The van der Waals surface area contributed by atoms with Crippen LogP contribution in [0.2, 0.25) is 5.02 Å². The summed E-state index contributed by atoms with van der Waals surface area (Å²) in [5, 5.41) is 3.23. The number of nitrogens with two attached hydrogens (primary N) is 1. The first-order chi connectivity index (χ1) is 8.58. The molecule has 1 heterocycles. The van der Waals surface area contributed by atoms with Crippen LogP contribution in [-0.2, 0) is 0 Å². The predicted molar refractivity (Wildman–Crippen MR) is 75.8 cm³/mol. The SMILES string of the molecule is Nc1cc(Cl)ccc1C(=O)Nc1ccncc1Br. The van der Waals surface area contributed by atoms with Crippen molar-refractivity contribution in [2.45, 2.75) is 0 Å². The van der Waals surface area contributed by atoms with Crippen LogP contribution in [0, 0.1) is 0 Å². The first kappa shape index (κ1) is 12.9. The van der Waals surface area contributed by atoms with E-state index in [1.807, 2.05) is 0 Å². The molecule has 1 aromatic heterocycles. The first-order valence-electron chi connectivity index (χ1n) is 5.04. The Bertz CT molecular complexity index is 604. The third-order valence-corrected chi connectivity index (χ3v) is 3.15. The number of halogens is 2. The van der Waals surface area contributed by atoms with Gasteiger partial charge in [-0.05, 0) is 40.2 Å². The Morgan fingerprint density at radius 1 is 1.39 bits per heavy atom. The van der Waals surface area contributed by atoms with Gasteiger partial charge in [0.05, 0.1) is 15.7 Å². The van der Waals surface area contributed by atoms with Crippen molar-refractivity contribution in [2.75, 3.05) is 11.1 Å². The third kappa shape index (κ3) is 2.80. The predicted octanol–water partition coefficient (Wildman–Crippen LogP) is 3.33. The topological polar surface area (TPSA) is 68.0 Å². The van der Waals surface area contributed by atoms with Gasteiger partial charge in [-0.2, -0.15) is 0 Å². The van der Waals surface area contributed by atoms with E-state index in [1.165, 1.54) is 6.07 Å². The molecule has 0 saturated carbocycles. The highest BCUT2D eigenvalue weighted by atomic mass is 79.9. The molecule has 6 heteroatoms. The van der Waals surface area contributed by atoms with E-state index in [0.29, 0.717) is 26.4 Å². The second-order valence-electron chi connectivity index (χ2n) is 3.54. The number of hydrogen-bond acceptors (Lipinski definition) is 3. The Morgan fingerprint density at radius 2 is 2.17 bits per heavy atom. The molecule has 0 saturated heterocycles. The van der Waals surface area contributed by atoms with Gasteiger partial charge < -0.3 is 11.1 Å². The van der Waals surface area contributed by atoms with Crippen molar-refractivity contribution in [1.82, 2.24) is 4.98 Å². The summed E-state index contributed by atoms with van der Waals surface area (Å²) in [4.78, 5) is 15.9. The number of nitrogen functional groups attached to an aromatic ring is 1. The van der Waals surface area contributed by atoms with Gasteiger partial charge in [-0.25, -0.2) is 0 Å². The summed E-state index contributed by atoms with van der Waals surface area (Å²) < 4.78 is 0.700. The van der Waals surface area contributed by atoms with E-state index in [4.69, 9.17) is 17.3 Å². The van der Waals surface area contributed by atoms with Gasteiger partial charge in [-0.3, -0.25) is 9.78 Å². The van der Waals surface area contributed by atoms with E-state index in [0.717, 1.165) is 0 Å². The molecule has 3 N–H and O–H groups in total. The Morgan fingerprint density at radius 3 is 2.83 bits per heavy atom. The summed E-state index contributed by atoms with van der Waals surface area (Å²) in [5.41, 5.74) is 7.09. The molecule has 0 spiro atoms. The highest BCUT2D eigenvalue weighted by molar-refractivity contribution is 9.10. The summed E-state index contributed by atoms with van der Waals surface area (Å²) in [7, 11) is 0. The summed E-state index contributed by atoms with van der Waals surface area (Å²) >= 11 is 9.08. The van der Waals surface area contributed by atoms with Gasteiger partial charge in [0.15, 0.2) is 0 Å². The molecule has 0 radical (unpaired) electrons. The average molecular weight is 327 g/mol. The fraction of sp³-hybridized carbons (Fsp3) is 0. The van der Waals surface area contributed by atoms with E-state index in [9.17, 15) is 4.79 Å². The Labute approximate surface area is 117 Å². The minimum absolute atomic E-state index is 0.295. The lowest BCUT2D eigenvalue weighted by Crippen LogP contribution is -2.14. The Balaban J connectivity index is 2.25. The molecule has 0 aliphatic heterocycles. The van der Waals surface area contributed by atoms with Crippen molar-refractivity contribution >= 4 is 44.8 Å². The van der Waals surface area contributed by atoms with Crippen LogP contribution in [0.4, 0.5) is 11.4 Å². The second-order valence-corrected chi connectivity index (χ2v) is 4.83. The monoisotopic (exact) mass is 325 g/mol. The average Bonchev–Trinajstić information content (AvgIpc) is 2.32. The minimum atomic E-state index is -0.295. The van der Waals surface area contributed by atoms with Crippen LogP contribution < -0.4 is 11.1 Å². The van der Waals surface area contributed by atoms with Crippen LogP contribution in [0.1, 0.15) is 10.4 Å². The molecule has 2 rings (SSSR count). The summed E-state index contributed by atoms with van der Waals surface area (Å²) in [6, 6.07) is 6.43. The lowest BCUT2D eigenvalue weighted by molar-refractivity contribution is 0.102. The third-order valence-electron chi connectivity index (χ3n) is 2.28. The molecular formula is C12H9BrClN3O. The number of nitrogens with one attached hydrogen (secondary N) is 1. The number of pyridine rings is 1. The molecule has 0 bridgehead atoms. The number of aromatic nitrogens is 1. The molecule has 4 nitrogen and oxygen atoms in total. The fourth-order valence-corrected chi connectivity index (χ4v) is 1.94. The van der Waals surface area contributed by atoms with Crippen molar-refractivity contribution in [2.24, 2.45) is 0 Å². The molecule has 92 valence electrons. The molecule has 0 fully saturated rings. The van der Waals surface area contributed by atoms with Gasteiger partial charge in [0.25, 0.3) is 5.91 Å². The van der Waals surface area contributed by atoms with E-state index in [1.54, 1.807) is 30.6 Å². The summed E-state index contributed by atoms with van der Waals surface area (Å²) in [6.07, 6.45) is 3.19. The Hall–Kier alpha value is -1.59. The number of carbonyl (C=O) groups excluding carboxylic acids is 1. The molecule has 18 heavy (non-hydrogen) atoms. The largest absolute Gasteiger partial charge is 0.398 e. The number of rotatable bonds is 2. The van der Waals surface area contributed by atoms with Gasteiger partial charge in [0.1, 0.15) is 0 Å². The summed E-state index contributed by atoms with van der Waals surface area (Å²) in [5.74, 6) is -0.295. The zero-order valence-electron chi connectivity index (χ0n) is 9.15. The van der Waals surface area contributed by atoms with Crippen LogP contribution in [0.5, 0.6) is 0 Å². The number of benzene rings is 1. The van der Waals surface area contributed by atoms with E-state index < -0.39 is 0 Å². The normalized spacial score (nSPS) is 10.1. The number of carbonyl (C=O) groups is 1. The number of amides is 1. The second kappa shape index (κ2) is 5.37. The van der Waals surface area contributed by atoms with Gasteiger partial charge in [0.2, 0.25) is 0 Å². The van der Waals surface area contributed by atoms with E-state index in [-0.39, 0.29) is 5.91 Å². The lowest BCUT2D eigenvalue weighted by Gasteiger charge is -2.08. The smallest absolute Gasteiger partial charge is 0.257 e. The highest BCUT2D eigenvalue weighted by Crippen LogP contribution is 2.23. The van der Waals surface area contributed by atoms with Crippen molar-refractivity contribution in [3.8, 4) is 0 Å². The van der Waals surface area contributed by atoms with Gasteiger partial charge in [-0.15, -0.1) is 0 Å². The zero-order chi connectivity index (χ0) is 13.1. The van der Waals surface area contributed by atoms with Crippen LogP contribution in [0.15, 0.2) is 41.1 Å². The molecule has 0 aliphatic carbocycles. The van der Waals surface area contributed by atoms with Crippen LogP contribution in [-0.4, -0.2) is 10.9 Å². The molecule has 2 aromatic rings. The standard InChI is InChI=1S/C12H9BrClN3O/c13-9-6-16-4-3-11(9)17-12(18)8-2-1-7(14)5-10(8)15/h1-6H,15H2,(H,16,17,18). The van der Waals surface area contributed by atoms with Crippen molar-refractivity contribution in [3.05, 3.63) is 51.7 Å². The van der Waals surface area contributed by atoms with E-state index in [2.05, 4.69) is 26.2 Å². The fourth-order valence-electron chi connectivity index (χ4n) is 1.41. The van der Waals surface area contributed by atoms with E-state index >= 15 is 0 Å². The maximum atomic E-state index is 12.0. The van der Waals surface area contributed by atoms with Crippen molar-refractivity contribution in [1.29, 1.82) is 0 Å². The van der Waals surface area contributed by atoms with Gasteiger partial charge in [0, 0.05) is 23.1 Å². The van der Waals surface area contributed by atoms with Crippen LogP contribution in [0.3, 0.4) is 0 Å². The highest BCUT2D eigenvalue weighted by Gasteiger charge is 2.11. The van der Waals surface area contributed by atoms with Gasteiger partial charge in [-0.1, -0.05) is 11.6 Å². The van der Waals surface area contributed by atoms with Crippen LogP contribution >= 0.6 is 27.5 Å². The summed E-state index contributed by atoms with van der Waals surface area (Å²) in [6.45, 7) is 0.